The van der Waals surface area contributed by atoms with E-state index in [0.717, 1.165) is 11.0 Å². The van der Waals surface area contributed by atoms with E-state index < -0.39 is 17.5 Å². The number of aromatic carboxylic acids is 1. The van der Waals surface area contributed by atoms with E-state index in [9.17, 15) is 14.7 Å². The Morgan fingerprint density at radius 2 is 1.97 bits per heavy atom. The minimum absolute atomic E-state index is 0.178. The van der Waals surface area contributed by atoms with Crippen molar-refractivity contribution < 1.29 is 24.2 Å². The molecule has 0 aliphatic heterocycles. The summed E-state index contributed by atoms with van der Waals surface area (Å²) in [6.45, 7) is 7.26. The number of nitrogens with zero attached hydrogens (tertiary/aromatic N) is 1. The molecule has 2 N–H and O–H groups in total. The third-order valence-electron chi connectivity index (χ3n) is 4.97. The van der Waals surface area contributed by atoms with E-state index in [1.54, 1.807) is 30.4 Å². The Labute approximate surface area is 207 Å². The van der Waals surface area contributed by atoms with Gasteiger partial charge in [0, 0.05) is 27.6 Å². The maximum atomic E-state index is 15.1. The fraction of sp³-hybridized carbons (Fsp3) is 0.154. The number of carbonyl (C=O) groups is 2. The summed E-state index contributed by atoms with van der Waals surface area (Å²) in [6, 6.07) is 7.99. The van der Waals surface area contributed by atoms with Crippen LogP contribution in [0.25, 0.3) is 5.57 Å². The molecule has 34 heavy (non-hydrogen) atoms. The van der Waals surface area contributed by atoms with Crippen LogP contribution < -0.4 is 4.90 Å². The van der Waals surface area contributed by atoms with E-state index in [1.165, 1.54) is 24.3 Å². The number of halogens is 3. The summed E-state index contributed by atoms with van der Waals surface area (Å²) in [5.41, 5.74) is 0.898. The van der Waals surface area contributed by atoms with Crippen LogP contribution in [-0.2, 0) is 4.79 Å². The van der Waals surface area contributed by atoms with E-state index in [2.05, 4.69) is 6.58 Å². The number of rotatable bonds is 10. The first-order chi connectivity index (χ1) is 16.1. The Morgan fingerprint density at radius 3 is 2.53 bits per heavy atom. The third kappa shape index (κ3) is 6.59. The van der Waals surface area contributed by atoms with Crippen LogP contribution in [0.3, 0.4) is 0 Å². The highest BCUT2D eigenvalue weighted by atomic mass is 35.5. The molecule has 0 heterocycles. The molecule has 0 bridgehead atoms. The van der Waals surface area contributed by atoms with Crippen LogP contribution in [0.5, 0.6) is 5.75 Å². The standard InChI is InChI=1S/C26H24Cl2FNO4/c1-4-18(13-16(2)21(28)8-5-7-17(3)27)25-22(29)9-6-10-23(25)30(15-31)19-11-12-20(26(33)34)24(32)14-19/h5-16,32H,3-4H2,1-2H3,(H,33,34)/b7-5-,18-13-,21-8+. The molecule has 8 heteroatoms. The van der Waals surface area contributed by atoms with Gasteiger partial charge in [0.1, 0.15) is 17.1 Å². The molecule has 0 radical (unpaired) electrons. The number of hydrogen-bond donors (Lipinski definition) is 2. The zero-order chi connectivity index (χ0) is 25.4. The number of amides is 1. The highest BCUT2D eigenvalue weighted by Gasteiger charge is 2.21. The first-order valence-corrected chi connectivity index (χ1v) is 11.0. The number of benzene rings is 2. The van der Waals surface area contributed by atoms with Crippen LogP contribution in [0.15, 0.2) is 77.3 Å². The second-order valence-corrected chi connectivity index (χ2v) is 8.23. The van der Waals surface area contributed by atoms with E-state index in [4.69, 9.17) is 28.3 Å². The molecule has 0 spiro atoms. The second-order valence-electron chi connectivity index (χ2n) is 7.31. The minimum Gasteiger partial charge on any atom is -0.507 e. The van der Waals surface area contributed by atoms with Gasteiger partial charge in [-0.15, -0.1) is 0 Å². The number of aromatic hydroxyl groups is 1. The Balaban J connectivity index is 2.58. The monoisotopic (exact) mass is 503 g/mol. The summed E-state index contributed by atoms with van der Waals surface area (Å²) < 4.78 is 15.1. The van der Waals surface area contributed by atoms with Crippen molar-refractivity contribution in [3.8, 4) is 5.75 Å². The van der Waals surface area contributed by atoms with Crippen LogP contribution in [0.1, 0.15) is 36.2 Å². The topological polar surface area (TPSA) is 77.8 Å². The third-order valence-corrected chi connectivity index (χ3v) is 5.56. The molecule has 178 valence electrons. The lowest BCUT2D eigenvalue weighted by atomic mass is 9.95. The molecule has 2 aromatic carbocycles. The highest BCUT2D eigenvalue weighted by Crippen LogP contribution is 2.37. The van der Waals surface area contributed by atoms with Crippen molar-refractivity contribution in [1.29, 1.82) is 0 Å². The summed E-state index contributed by atoms with van der Waals surface area (Å²) in [5, 5.41) is 20.0. The van der Waals surface area contributed by atoms with E-state index in [0.29, 0.717) is 28.5 Å². The molecular formula is C26H24Cl2FNO4. The number of carbonyl (C=O) groups excluding carboxylic acids is 1. The van der Waals surface area contributed by atoms with Gasteiger partial charge >= 0.3 is 5.97 Å². The summed E-state index contributed by atoms with van der Waals surface area (Å²) in [4.78, 5) is 24.4. The average Bonchev–Trinajstić information content (AvgIpc) is 2.77. The van der Waals surface area contributed by atoms with Gasteiger partial charge in [0.25, 0.3) is 0 Å². The smallest absolute Gasteiger partial charge is 0.339 e. The molecule has 0 aliphatic carbocycles. The molecule has 1 atom stereocenters. The van der Waals surface area contributed by atoms with Crippen LogP contribution in [0.2, 0.25) is 0 Å². The predicted octanol–water partition coefficient (Wildman–Crippen LogP) is 7.38. The highest BCUT2D eigenvalue weighted by molar-refractivity contribution is 6.31. The Morgan fingerprint density at radius 1 is 1.26 bits per heavy atom. The van der Waals surface area contributed by atoms with Crippen molar-refractivity contribution in [3.05, 3.63) is 94.3 Å². The number of phenols is 1. The molecule has 2 aromatic rings. The van der Waals surface area contributed by atoms with Crippen molar-refractivity contribution in [3.63, 3.8) is 0 Å². The largest absolute Gasteiger partial charge is 0.507 e. The molecule has 0 saturated carbocycles. The SMILES string of the molecule is C=C(Cl)/C=C\C=C(\Cl)C(C)/C=C(/CC)c1c(F)cccc1N(C=O)c1ccc(C(=O)O)c(O)c1. The minimum atomic E-state index is -1.31. The molecule has 2 rings (SSSR count). The summed E-state index contributed by atoms with van der Waals surface area (Å²) in [6.07, 6.45) is 7.62. The van der Waals surface area contributed by atoms with Gasteiger partial charge in [-0.2, -0.15) is 0 Å². The summed E-state index contributed by atoms with van der Waals surface area (Å²) in [7, 11) is 0. The van der Waals surface area contributed by atoms with Gasteiger partial charge in [-0.3, -0.25) is 9.69 Å². The average molecular weight is 504 g/mol. The van der Waals surface area contributed by atoms with Crippen LogP contribution in [0, 0.1) is 11.7 Å². The number of carboxylic acid groups (broad SMARTS) is 1. The Bertz CT molecular complexity index is 1190. The van der Waals surface area contributed by atoms with E-state index in [-0.39, 0.29) is 28.4 Å². The molecule has 1 amide bonds. The zero-order valence-corrected chi connectivity index (χ0v) is 20.1. The first kappa shape index (κ1) is 26.9. The molecule has 1 unspecified atom stereocenters. The van der Waals surface area contributed by atoms with Crippen LogP contribution in [0.4, 0.5) is 15.8 Å². The fourth-order valence-electron chi connectivity index (χ4n) is 3.29. The molecule has 0 fully saturated rings. The Hall–Kier alpha value is -3.35. The van der Waals surface area contributed by atoms with Crippen LogP contribution in [-0.4, -0.2) is 22.6 Å². The molecule has 0 aliphatic rings. The lowest BCUT2D eigenvalue weighted by molar-refractivity contribution is -0.106. The number of carboxylic acids is 1. The predicted molar refractivity (Wildman–Crippen MR) is 135 cm³/mol. The fourth-order valence-corrected chi connectivity index (χ4v) is 3.50. The van der Waals surface area contributed by atoms with Crippen molar-refractivity contribution in [2.45, 2.75) is 20.3 Å². The maximum absolute atomic E-state index is 15.1. The zero-order valence-electron chi connectivity index (χ0n) is 18.6. The molecule has 5 nitrogen and oxygen atoms in total. The molecule has 0 aromatic heterocycles. The summed E-state index contributed by atoms with van der Waals surface area (Å²) >= 11 is 12.1. The summed E-state index contributed by atoms with van der Waals surface area (Å²) in [5.74, 6) is -2.65. The maximum Gasteiger partial charge on any atom is 0.339 e. The number of anilines is 2. The quantitative estimate of drug-likeness (QED) is 0.261. The van der Waals surface area contributed by atoms with E-state index >= 15 is 4.39 Å². The van der Waals surface area contributed by atoms with Gasteiger partial charge in [0.15, 0.2) is 0 Å². The number of allylic oxidation sites excluding steroid dienone is 7. The Kier molecular flexibility index (Phi) is 9.66. The van der Waals surface area contributed by atoms with Gasteiger partial charge in [-0.05, 0) is 48.4 Å². The van der Waals surface area contributed by atoms with Crippen molar-refractivity contribution >= 4 is 52.5 Å². The van der Waals surface area contributed by atoms with Gasteiger partial charge in [-0.1, -0.05) is 61.8 Å². The van der Waals surface area contributed by atoms with Gasteiger partial charge in [-0.25, -0.2) is 9.18 Å². The first-order valence-electron chi connectivity index (χ1n) is 10.3. The van der Waals surface area contributed by atoms with Gasteiger partial charge < -0.3 is 10.2 Å². The second kappa shape index (κ2) is 12.2. The van der Waals surface area contributed by atoms with Gasteiger partial charge in [0.05, 0.1) is 11.4 Å². The lowest BCUT2D eigenvalue weighted by Crippen LogP contribution is -2.17. The van der Waals surface area contributed by atoms with Crippen molar-refractivity contribution in [1.82, 2.24) is 0 Å². The van der Waals surface area contributed by atoms with Gasteiger partial charge in [0.2, 0.25) is 6.41 Å². The van der Waals surface area contributed by atoms with E-state index in [1.807, 2.05) is 13.8 Å². The van der Waals surface area contributed by atoms with Crippen LogP contribution >= 0.6 is 23.2 Å². The number of hydrogen-bond acceptors (Lipinski definition) is 3. The van der Waals surface area contributed by atoms with Crippen molar-refractivity contribution in [2.24, 2.45) is 5.92 Å². The molecular weight excluding hydrogens is 480 g/mol. The molecule has 0 saturated heterocycles. The normalized spacial score (nSPS) is 13.1. The van der Waals surface area contributed by atoms with Crippen molar-refractivity contribution in [2.75, 3.05) is 4.90 Å². The lowest BCUT2D eigenvalue weighted by Gasteiger charge is -2.23.